The van der Waals surface area contributed by atoms with Crippen molar-refractivity contribution in [1.82, 2.24) is 15.2 Å². The molecular formula is C21H27N7O2. The van der Waals surface area contributed by atoms with Gasteiger partial charge >= 0.3 is 6.03 Å². The third kappa shape index (κ3) is 5.69. The molecule has 4 N–H and O–H groups in total. The van der Waals surface area contributed by atoms with Crippen molar-refractivity contribution in [2.24, 2.45) is 10.7 Å². The second-order valence-electron chi connectivity index (χ2n) is 7.12. The molecule has 1 saturated heterocycles. The van der Waals surface area contributed by atoms with Gasteiger partial charge in [0, 0.05) is 38.1 Å². The lowest BCUT2D eigenvalue weighted by Gasteiger charge is -2.35. The maximum atomic E-state index is 12.5. The quantitative estimate of drug-likeness (QED) is 0.516. The zero-order chi connectivity index (χ0) is 21.5. The summed E-state index contributed by atoms with van der Waals surface area (Å²) >= 11 is 0. The highest BCUT2D eigenvalue weighted by Crippen LogP contribution is 2.16. The Labute approximate surface area is 176 Å². The smallest absolute Gasteiger partial charge is 0.318 e. The van der Waals surface area contributed by atoms with Crippen LogP contribution < -0.4 is 21.3 Å². The number of urea groups is 1. The molecule has 1 aliphatic heterocycles. The molecule has 1 atom stereocenters. The zero-order valence-electron chi connectivity index (χ0n) is 17.2. The monoisotopic (exact) mass is 409 g/mol. The van der Waals surface area contributed by atoms with Gasteiger partial charge in [0.25, 0.3) is 0 Å². The van der Waals surface area contributed by atoms with Crippen LogP contribution in [0.5, 0.6) is 0 Å². The van der Waals surface area contributed by atoms with Gasteiger partial charge in [-0.1, -0.05) is 6.07 Å². The van der Waals surface area contributed by atoms with Crippen molar-refractivity contribution < 1.29 is 9.59 Å². The first kappa shape index (κ1) is 21.1. The first-order chi connectivity index (χ1) is 14.4. The number of piperazine rings is 1. The van der Waals surface area contributed by atoms with Gasteiger partial charge in [-0.25, -0.2) is 14.8 Å². The Balaban J connectivity index is 1.47. The number of aromatic nitrogens is 1. The third-order valence-corrected chi connectivity index (χ3v) is 4.71. The Morgan fingerprint density at radius 2 is 1.80 bits per heavy atom. The van der Waals surface area contributed by atoms with Crippen LogP contribution in [0.1, 0.15) is 13.8 Å². The molecule has 9 heteroatoms. The molecule has 0 saturated carbocycles. The molecule has 9 nitrogen and oxygen atoms in total. The summed E-state index contributed by atoms with van der Waals surface area (Å²) in [4.78, 5) is 37.3. The number of pyridine rings is 1. The molecule has 3 rings (SSSR count). The van der Waals surface area contributed by atoms with Crippen LogP contribution in [0.4, 0.5) is 22.0 Å². The summed E-state index contributed by atoms with van der Waals surface area (Å²) in [5.74, 6) is 1.08. The SMILES string of the molecule is CC(N)=Nc1ccc(NC(=O)[C@@H](C)NC(=O)N2CCN(c3ccccn3)CC2)cc1. The predicted molar refractivity (Wildman–Crippen MR) is 118 cm³/mol. The molecule has 1 fully saturated rings. The fraction of sp³-hybridized carbons (Fsp3) is 0.333. The predicted octanol–water partition coefficient (Wildman–Crippen LogP) is 1.95. The third-order valence-electron chi connectivity index (χ3n) is 4.71. The number of benzene rings is 1. The number of hydrogen-bond acceptors (Lipinski definition) is 5. The molecule has 1 aromatic carbocycles. The normalized spacial score (nSPS) is 15.5. The molecule has 1 aliphatic rings. The van der Waals surface area contributed by atoms with Crippen LogP contribution in [-0.4, -0.2) is 59.9 Å². The van der Waals surface area contributed by atoms with Crippen LogP contribution in [0.15, 0.2) is 53.7 Å². The summed E-state index contributed by atoms with van der Waals surface area (Å²) in [5.41, 5.74) is 6.89. The van der Waals surface area contributed by atoms with Gasteiger partial charge in [-0.3, -0.25) is 4.79 Å². The van der Waals surface area contributed by atoms with Gasteiger partial charge in [-0.05, 0) is 50.2 Å². The highest BCUT2D eigenvalue weighted by atomic mass is 16.2. The molecule has 3 amide bonds. The van der Waals surface area contributed by atoms with Crippen LogP contribution in [0.3, 0.4) is 0 Å². The zero-order valence-corrected chi connectivity index (χ0v) is 17.2. The van der Waals surface area contributed by atoms with Crippen LogP contribution >= 0.6 is 0 Å². The van der Waals surface area contributed by atoms with Gasteiger partial charge in [-0.2, -0.15) is 0 Å². The van der Waals surface area contributed by atoms with Crippen molar-refractivity contribution in [2.45, 2.75) is 19.9 Å². The topological polar surface area (TPSA) is 116 Å². The van der Waals surface area contributed by atoms with Crippen molar-refractivity contribution >= 4 is 35.0 Å². The number of nitrogens with two attached hydrogens (primary N) is 1. The van der Waals surface area contributed by atoms with Gasteiger partial charge < -0.3 is 26.2 Å². The number of carbonyl (C=O) groups excluding carboxylic acids is 2. The second-order valence-corrected chi connectivity index (χ2v) is 7.12. The van der Waals surface area contributed by atoms with Gasteiger partial charge in [0.05, 0.1) is 11.5 Å². The molecule has 2 aromatic rings. The average molecular weight is 409 g/mol. The molecule has 30 heavy (non-hydrogen) atoms. The standard InChI is InChI=1S/C21H27N7O2/c1-15(20(29)26-18-8-6-17(7-9-18)25-16(2)22)24-21(30)28-13-11-27(12-14-28)19-5-3-4-10-23-19/h3-10,15H,11-14H2,1-2H3,(H2,22,25)(H,24,30)(H,26,29)/t15-/m1/s1. The number of amidine groups is 1. The largest absolute Gasteiger partial charge is 0.387 e. The molecule has 0 aliphatic carbocycles. The minimum absolute atomic E-state index is 0.249. The molecule has 1 aromatic heterocycles. The number of amides is 3. The Morgan fingerprint density at radius 3 is 2.40 bits per heavy atom. The minimum Gasteiger partial charge on any atom is -0.387 e. The van der Waals surface area contributed by atoms with Crippen molar-refractivity contribution in [3.63, 3.8) is 0 Å². The Morgan fingerprint density at radius 1 is 1.10 bits per heavy atom. The summed E-state index contributed by atoms with van der Waals surface area (Å²) < 4.78 is 0. The molecule has 0 unspecified atom stereocenters. The molecule has 158 valence electrons. The maximum absolute atomic E-state index is 12.5. The van der Waals surface area contributed by atoms with Crippen molar-refractivity contribution in [3.05, 3.63) is 48.7 Å². The number of carbonyl (C=O) groups is 2. The minimum atomic E-state index is -0.671. The first-order valence-electron chi connectivity index (χ1n) is 9.85. The number of nitrogens with one attached hydrogen (secondary N) is 2. The van der Waals surface area contributed by atoms with Crippen molar-refractivity contribution in [2.75, 3.05) is 36.4 Å². The first-order valence-corrected chi connectivity index (χ1v) is 9.85. The number of anilines is 2. The molecule has 0 radical (unpaired) electrons. The second kappa shape index (κ2) is 9.73. The lowest BCUT2D eigenvalue weighted by molar-refractivity contribution is -0.117. The van der Waals surface area contributed by atoms with E-state index >= 15 is 0 Å². The van der Waals surface area contributed by atoms with Crippen LogP contribution in [-0.2, 0) is 4.79 Å². The van der Waals surface area contributed by atoms with Gasteiger partial charge in [0.1, 0.15) is 11.9 Å². The van der Waals surface area contributed by atoms with Crippen molar-refractivity contribution in [3.8, 4) is 0 Å². The highest BCUT2D eigenvalue weighted by molar-refractivity contribution is 5.96. The van der Waals surface area contributed by atoms with Crippen LogP contribution in [0, 0.1) is 0 Å². The average Bonchev–Trinajstić information content (AvgIpc) is 2.75. The van der Waals surface area contributed by atoms with E-state index in [9.17, 15) is 9.59 Å². The van der Waals surface area contributed by atoms with E-state index in [-0.39, 0.29) is 11.9 Å². The van der Waals surface area contributed by atoms with Gasteiger partial charge in [-0.15, -0.1) is 0 Å². The van der Waals surface area contributed by atoms with Crippen LogP contribution in [0.25, 0.3) is 0 Å². The van der Waals surface area contributed by atoms with E-state index in [0.717, 1.165) is 5.82 Å². The Kier molecular flexibility index (Phi) is 6.84. The van der Waals surface area contributed by atoms with E-state index < -0.39 is 6.04 Å². The Bertz CT molecular complexity index is 887. The summed E-state index contributed by atoms with van der Waals surface area (Å²) in [6, 6.07) is 11.9. The summed E-state index contributed by atoms with van der Waals surface area (Å²) in [7, 11) is 0. The number of rotatable bonds is 5. The fourth-order valence-corrected chi connectivity index (χ4v) is 3.09. The maximum Gasteiger partial charge on any atom is 0.318 e. The van der Waals surface area contributed by atoms with Crippen molar-refractivity contribution in [1.29, 1.82) is 0 Å². The van der Waals surface area contributed by atoms with E-state index in [2.05, 4.69) is 25.5 Å². The summed E-state index contributed by atoms with van der Waals surface area (Å²) in [5, 5.41) is 5.55. The summed E-state index contributed by atoms with van der Waals surface area (Å²) in [6.07, 6.45) is 1.76. The fourth-order valence-electron chi connectivity index (χ4n) is 3.09. The number of hydrogen-bond donors (Lipinski definition) is 3. The van der Waals surface area contributed by atoms with E-state index in [1.165, 1.54) is 0 Å². The molecule has 2 heterocycles. The Hall–Kier alpha value is -3.62. The number of nitrogens with zero attached hydrogens (tertiary/aromatic N) is 4. The lowest BCUT2D eigenvalue weighted by Crippen LogP contribution is -2.54. The number of aliphatic imine (C=N–C) groups is 1. The van der Waals surface area contributed by atoms with E-state index in [1.54, 1.807) is 49.2 Å². The molecular weight excluding hydrogens is 382 g/mol. The van der Waals surface area contributed by atoms with Gasteiger partial charge in [0.2, 0.25) is 5.91 Å². The van der Waals surface area contributed by atoms with E-state index in [4.69, 9.17) is 5.73 Å². The van der Waals surface area contributed by atoms with Gasteiger partial charge in [0.15, 0.2) is 0 Å². The van der Waals surface area contributed by atoms with Crippen LogP contribution in [0.2, 0.25) is 0 Å². The summed E-state index contributed by atoms with van der Waals surface area (Å²) in [6.45, 7) is 5.90. The van der Waals surface area contributed by atoms with E-state index in [1.807, 2.05) is 18.2 Å². The van der Waals surface area contributed by atoms with E-state index in [0.29, 0.717) is 43.4 Å². The molecule has 0 bridgehead atoms. The lowest BCUT2D eigenvalue weighted by atomic mass is 10.2. The molecule has 0 spiro atoms. The highest BCUT2D eigenvalue weighted by Gasteiger charge is 2.24.